The van der Waals surface area contributed by atoms with Crippen molar-refractivity contribution < 1.29 is 15.0 Å². The first-order chi connectivity index (χ1) is 5.93. The zero-order chi connectivity index (χ0) is 10.4. The van der Waals surface area contributed by atoms with Crippen LogP contribution in [0.5, 0.6) is 0 Å². The van der Waals surface area contributed by atoms with Gasteiger partial charge in [-0.15, -0.1) is 0 Å². The van der Waals surface area contributed by atoms with Gasteiger partial charge >= 0.3 is 5.97 Å². The Kier molecular flexibility index (Phi) is 5.66. The Hall–Kier alpha value is -0.610. The molecule has 0 aliphatic rings. The van der Waals surface area contributed by atoms with Gasteiger partial charge in [0.05, 0.1) is 12.0 Å². The standard InChI is InChI=1S/C9H19NO3/c1-6(9(12)13)5-10-7(2)4-8(3)11/h6-8,10-11H,4-5H2,1-3H3,(H,12,13). The van der Waals surface area contributed by atoms with Crippen molar-refractivity contribution in [2.75, 3.05) is 6.54 Å². The van der Waals surface area contributed by atoms with Crippen LogP contribution in [0.25, 0.3) is 0 Å². The highest BCUT2D eigenvalue weighted by Crippen LogP contribution is 1.98. The molecule has 0 amide bonds. The van der Waals surface area contributed by atoms with Crippen molar-refractivity contribution in [1.29, 1.82) is 0 Å². The Balaban J connectivity index is 3.57. The van der Waals surface area contributed by atoms with Crippen molar-refractivity contribution in [2.24, 2.45) is 5.92 Å². The summed E-state index contributed by atoms with van der Waals surface area (Å²) in [6.45, 7) is 5.76. The number of hydrogen-bond acceptors (Lipinski definition) is 3. The number of aliphatic carboxylic acids is 1. The van der Waals surface area contributed by atoms with E-state index >= 15 is 0 Å². The summed E-state index contributed by atoms with van der Waals surface area (Å²) in [4.78, 5) is 10.4. The van der Waals surface area contributed by atoms with E-state index in [1.807, 2.05) is 6.92 Å². The molecule has 0 saturated carbocycles. The summed E-state index contributed by atoms with van der Waals surface area (Å²) in [5, 5.41) is 20.7. The van der Waals surface area contributed by atoms with Crippen LogP contribution in [0, 0.1) is 5.92 Å². The molecule has 0 heterocycles. The molecule has 0 saturated heterocycles. The molecular formula is C9H19NO3. The maximum atomic E-state index is 10.4. The third-order valence-corrected chi connectivity index (χ3v) is 1.89. The first-order valence-corrected chi connectivity index (χ1v) is 4.57. The molecule has 0 aromatic carbocycles. The minimum atomic E-state index is -0.795. The van der Waals surface area contributed by atoms with E-state index in [-0.39, 0.29) is 18.1 Å². The molecule has 0 aromatic heterocycles. The Morgan fingerprint density at radius 3 is 2.31 bits per heavy atom. The van der Waals surface area contributed by atoms with Crippen LogP contribution in [0.15, 0.2) is 0 Å². The van der Waals surface area contributed by atoms with Gasteiger partial charge in [-0.1, -0.05) is 6.92 Å². The second kappa shape index (κ2) is 5.94. The monoisotopic (exact) mass is 189 g/mol. The molecule has 4 nitrogen and oxygen atoms in total. The molecule has 0 fully saturated rings. The van der Waals surface area contributed by atoms with Crippen LogP contribution in [0.4, 0.5) is 0 Å². The zero-order valence-electron chi connectivity index (χ0n) is 8.45. The fourth-order valence-electron chi connectivity index (χ4n) is 1.06. The van der Waals surface area contributed by atoms with Crippen molar-refractivity contribution in [3.63, 3.8) is 0 Å². The largest absolute Gasteiger partial charge is 0.481 e. The van der Waals surface area contributed by atoms with Gasteiger partial charge in [-0.2, -0.15) is 0 Å². The molecule has 0 spiro atoms. The van der Waals surface area contributed by atoms with Gasteiger partial charge in [0.2, 0.25) is 0 Å². The third kappa shape index (κ3) is 6.54. The van der Waals surface area contributed by atoms with Crippen LogP contribution >= 0.6 is 0 Å². The van der Waals surface area contributed by atoms with E-state index in [1.165, 1.54) is 0 Å². The number of carboxylic acid groups (broad SMARTS) is 1. The van der Waals surface area contributed by atoms with Gasteiger partial charge in [0, 0.05) is 12.6 Å². The summed E-state index contributed by atoms with van der Waals surface area (Å²) >= 11 is 0. The van der Waals surface area contributed by atoms with Gasteiger partial charge in [0.25, 0.3) is 0 Å². The number of aliphatic hydroxyl groups excluding tert-OH is 1. The van der Waals surface area contributed by atoms with Crippen LogP contribution in [0.3, 0.4) is 0 Å². The van der Waals surface area contributed by atoms with Crippen molar-refractivity contribution in [3.8, 4) is 0 Å². The molecule has 0 radical (unpaired) electrons. The summed E-state index contributed by atoms with van der Waals surface area (Å²) < 4.78 is 0. The van der Waals surface area contributed by atoms with Crippen LogP contribution in [-0.2, 0) is 4.79 Å². The molecule has 3 N–H and O–H groups in total. The molecule has 0 aliphatic carbocycles. The predicted molar refractivity (Wildman–Crippen MR) is 50.6 cm³/mol. The lowest BCUT2D eigenvalue weighted by atomic mass is 10.1. The highest BCUT2D eigenvalue weighted by atomic mass is 16.4. The number of hydrogen-bond donors (Lipinski definition) is 3. The maximum absolute atomic E-state index is 10.4. The van der Waals surface area contributed by atoms with Gasteiger partial charge in [0.15, 0.2) is 0 Å². The summed E-state index contributed by atoms with van der Waals surface area (Å²) in [7, 11) is 0. The molecule has 4 heteroatoms. The molecule has 13 heavy (non-hydrogen) atoms. The average molecular weight is 189 g/mol. The van der Waals surface area contributed by atoms with Crippen LogP contribution in [-0.4, -0.2) is 34.9 Å². The zero-order valence-corrected chi connectivity index (χ0v) is 8.45. The lowest BCUT2D eigenvalue weighted by Crippen LogP contribution is -2.34. The minimum absolute atomic E-state index is 0.154. The maximum Gasteiger partial charge on any atom is 0.307 e. The van der Waals surface area contributed by atoms with Crippen molar-refractivity contribution in [2.45, 2.75) is 39.3 Å². The lowest BCUT2D eigenvalue weighted by molar-refractivity contribution is -0.140. The molecule has 0 aliphatic heterocycles. The molecule has 3 atom stereocenters. The second-order valence-corrected chi connectivity index (χ2v) is 3.63. The smallest absolute Gasteiger partial charge is 0.307 e. The number of aliphatic hydroxyl groups is 1. The summed E-state index contributed by atoms with van der Waals surface area (Å²) in [6, 6.07) is 0.154. The van der Waals surface area contributed by atoms with Crippen LogP contribution in [0.2, 0.25) is 0 Å². The second-order valence-electron chi connectivity index (χ2n) is 3.63. The topological polar surface area (TPSA) is 69.6 Å². The Morgan fingerprint density at radius 1 is 1.38 bits per heavy atom. The highest BCUT2D eigenvalue weighted by Gasteiger charge is 2.12. The number of nitrogens with one attached hydrogen (secondary N) is 1. The van der Waals surface area contributed by atoms with Gasteiger partial charge in [0.1, 0.15) is 0 Å². The van der Waals surface area contributed by atoms with E-state index in [9.17, 15) is 4.79 Å². The molecule has 0 aromatic rings. The fourth-order valence-corrected chi connectivity index (χ4v) is 1.06. The molecule has 78 valence electrons. The van der Waals surface area contributed by atoms with Crippen molar-refractivity contribution in [1.82, 2.24) is 5.32 Å². The summed E-state index contributed by atoms with van der Waals surface area (Å²) in [5.74, 6) is -1.17. The van der Waals surface area contributed by atoms with E-state index in [4.69, 9.17) is 10.2 Å². The van der Waals surface area contributed by atoms with Crippen LogP contribution in [0.1, 0.15) is 27.2 Å². The third-order valence-electron chi connectivity index (χ3n) is 1.89. The lowest BCUT2D eigenvalue weighted by Gasteiger charge is -2.16. The SMILES string of the molecule is CC(O)CC(C)NCC(C)C(=O)O. The van der Waals surface area contributed by atoms with Crippen LogP contribution < -0.4 is 5.32 Å². The first kappa shape index (κ1) is 12.4. The van der Waals surface area contributed by atoms with E-state index in [1.54, 1.807) is 13.8 Å². The Bertz CT molecular complexity index is 159. The van der Waals surface area contributed by atoms with E-state index in [0.717, 1.165) is 0 Å². The first-order valence-electron chi connectivity index (χ1n) is 4.57. The molecule has 0 rings (SSSR count). The number of carbonyl (C=O) groups is 1. The molecule has 3 unspecified atom stereocenters. The number of rotatable bonds is 6. The van der Waals surface area contributed by atoms with E-state index in [0.29, 0.717) is 13.0 Å². The Morgan fingerprint density at radius 2 is 1.92 bits per heavy atom. The predicted octanol–water partition coefficient (Wildman–Crippen LogP) is 0.456. The molecule has 0 bridgehead atoms. The summed E-state index contributed by atoms with van der Waals surface area (Å²) in [5.41, 5.74) is 0. The quantitative estimate of drug-likeness (QED) is 0.567. The van der Waals surface area contributed by atoms with Gasteiger partial charge < -0.3 is 15.5 Å². The normalized spacial score (nSPS) is 17.8. The molecular weight excluding hydrogens is 170 g/mol. The van der Waals surface area contributed by atoms with Gasteiger partial charge in [-0.05, 0) is 20.3 Å². The van der Waals surface area contributed by atoms with Crippen molar-refractivity contribution in [3.05, 3.63) is 0 Å². The number of carboxylic acids is 1. The Labute approximate surface area is 79.0 Å². The summed E-state index contributed by atoms with van der Waals surface area (Å²) in [6.07, 6.45) is 0.300. The van der Waals surface area contributed by atoms with Crippen molar-refractivity contribution >= 4 is 5.97 Å². The van der Waals surface area contributed by atoms with Gasteiger partial charge in [-0.3, -0.25) is 4.79 Å². The van der Waals surface area contributed by atoms with Gasteiger partial charge in [-0.25, -0.2) is 0 Å². The fraction of sp³-hybridized carbons (Fsp3) is 0.889. The average Bonchev–Trinajstić information content (AvgIpc) is 1.98. The van der Waals surface area contributed by atoms with E-state index < -0.39 is 5.97 Å². The van der Waals surface area contributed by atoms with E-state index in [2.05, 4.69) is 5.32 Å². The highest BCUT2D eigenvalue weighted by molar-refractivity contribution is 5.69. The minimum Gasteiger partial charge on any atom is -0.481 e.